The molecule has 0 fully saturated rings. The van der Waals surface area contributed by atoms with Crippen molar-refractivity contribution in [2.75, 3.05) is 0 Å². The number of ether oxygens (including phenoxy) is 1. The summed E-state index contributed by atoms with van der Waals surface area (Å²) >= 11 is 0. The molecule has 0 saturated heterocycles. The summed E-state index contributed by atoms with van der Waals surface area (Å²) in [6, 6.07) is 9.64. The summed E-state index contributed by atoms with van der Waals surface area (Å²) in [4.78, 5) is 8.36. The summed E-state index contributed by atoms with van der Waals surface area (Å²) in [6.07, 6.45) is 3.52. The van der Waals surface area contributed by atoms with Gasteiger partial charge in [-0.1, -0.05) is 12.1 Å². The Balaban J connectivity index is 2.11. The summed E-state index contributed by atoms with van der Waals surface area (Å²) in [6.45, 7) is 3.93. The predicted molar refractivity (Wildman–Crippen MR) is 62.3 cm³/mol. The molecule has 2 heterocycles. The molecule has 3 nitrogen and oxygen atoms in total. The molecule has 0 saturated carbocycles. The van der Waals surface area contributed by atoms with E-state index in [4.69, 9.17) is 4.74 Å². The smallest absolute Gasteiger partial charge is 0.214 e. The summed E-state index contributed by atoms with van der Waals surface area (Å²) in [5, 5.41) is 0. The van der Waals surface area contributed by atoms with Crippen molar-refractivity contribution in [1.82, 2.24) is 9.97 Å². The minimum Gasteiger partial charge on any atom is -0.470 e. The first-order valence-electron chi connectivity index (χ1n) is 5.26. The highest BCUT2D eigenvalue weighted by Gasteiger charge is 2.07. The van der Waals surface area contributed by atoms with Crippen molar-refractivity contribution >= 4 is 0 Å². The SMILES string of the molecule is Cc1cccc(OC(C)c2cccnc2)n1. The normalized spacial score (nSPS) is 12.1. The van der Waals surface area contributed by atoms with Crippen LogP contribution in [0.1, 0.15) is 24.3 Å². The van der Waals surface area contributed by atoms with Crippen LogP contribution in [0.25, 0.3) is 0 Å². The molecule has 0 bridgehead atoms. The van der Waals surface area contributed by atoms with Gasteiger partial charge in [0.05, 0.1) is 0 Å². The second-order valence-electron chi connectivity index (χ2n) is 3.66. The topological polar surface area (TPSA) is 35.0 Å². The first-order valence-corrected chi connectivity index (χ1v) is 5.26. The molecule has 0 radical (unpaired) electrons. The van der Waals surface area contributed by atoms with Gasteiger partial charge in [0.1, 0.15) is 6.10 Å². The number of rotatable bonds is 3. The third-order valence-corrected chi connectivity index (χ3v) is 2.31. The van der Waals surface area contributed by atoms with E-state index in [1.165, 1.54) is 0 Å². The number of aromatic nitrogens is 2. The Hall–Kier alpha value is -1.90. The quantitative estimate of drug-likeness (QED) is 0.788. The zero-order valence-electron chi connectivity index (χ0n) is 9.42. The number of pyridine rings is 2. The lowest BCUT2D eigenvalue weighted by Gasteiger charge is -2.13. The molecule has 16 heavy (non-hydrogen) atoms. The van der Waals surface area contributed by atoms with Gasteiger partial charge in [-0.25, -0.2) is 4.98 Å². The Morgan fingerprint density at radius 2 is 2.06 bits per heavy atom. The van der Waals surface area contributed by atoms with Crippen molar-refractivity contribution in [3.8, 4) is 5.88 Å². The molecule has 0 spiro atoms. The maximum Gasteiger partial charge on any atom is 0.214 e. The van der Waals surface area contributed by atoms with Crippen LogP contribution in [0, 0.1) is 6.92 Å². The minimum atomic E-state index is -0.0389. The molecule has 0 N–H and O–H groups in total. The average Bonchev–Trinajstić information content (AvgIpc) is 2.30. The van der Waals surface area contributed by atoms with Crippen LogP contribution < -0.4 is 4.74 Å². The molecule has 2 rings (SSSR count). The van der Waals surface area contributed by atoms with Crippen molar-refractivity contribution in [2.24, 2.45) is 0 Å². The summed E-state index contributed by atoms with van der Waals surface area (Å²) in [5.74, 6) is 0.649. The van der Waals surface area contributed by atoms with Crippen LogP contribution in [-0.4, -0.2) is 9.97 Å². The molecule has 0 amide bonds. The predicted octanol–water partition coefficient (Wildman–Crippen LogP) is 2.93. The van der Waals surface area contributed by atoms with E-state index in [0.29, 0.717) is 5.88 Å². The number of hydrogen-bond acceptors (Lipinski definition) is 3. The lowest BCUT2D eigenvalue weighted by Crippen LogP contribution is -2.04. The zero-order chi connectivity index (χ0) is 11.4. The highest BCUT2D eigenvalue weighted by Crippen LogP contribution is 2.18. The van der Waals surface area contributed by atoms with Gasteiger partial charge in [-0.3, -0.25) is 4.98 Å². The van der Waals surface area contributed by atoms with Crippen molar-refractivity contribution in [1.29, 1.82) is 0 Å². The second-order valence-corrected chi connectivity index (χ2v) is 3.66. The fraction of sp³-hybridized carbons (Fsp3) is 0.231. The van der Waals surface area contributed by atoms with Crippen molar-refractivity contribution in [3.05, 3.63) is 54.0 Å². The molecular weight excluding hydrogens is 200 g/mol. The van der Waals surface area contributed by atoms with E-state index in [0.717, 1.165) is 11.3 Å². The van der Waals surface area contributed by atoms with Crippen molar-refractivity contribution < 1.29 is 4.74 Å². The van der Waals surface area contributed by atoms with Gasteiger partial charge in [0, 0.05) is 29.7 Å². The molecule has 1 atom stereocenters. The van der Waals surface area contributed by atoms with Crippen molar-refractivity contribution in [3.63, 3.8) is 0 Å². The van der Waals surface area contributed by atoms with Crippen LogP contribution in [0.3, 0.4) is 0 Å². The number of hydrogen-bond donors (Lipinski definition) is 0. The van der Waals surface area contributed by atoms with E-state index >= 15 is 0 Å². The average molecular weight is 214 g/mol. The highest BCUT2D eigenvalue weighted by atomic mass is 16.5. The molecule has 1 unspecified atom stereocenters. The van der Waals surface area contributed by atoms with Crippen LogP contribution in [0.4, 0.5) is 0 Å². The van der Waals surface area contributed by atoms with Crippen LogP contribution in [-0.2, 0) is 0 Å². The van der Waals surface area contributed by atoms with Gasteiger partial charge < -0.3 is 4.74 Å². The van der Waals surface area contributed by atoms with Crippen molar-refractivity contribution in [2.45, 2.75) is 20.0 Å². The lowest BCUT2D eigenvalue weighted by atomic mass is 10.2. The van der Waals surface area contributed by atoms with Crippen LogP contribution in [0.15, 0.2) is 42.7 Å². The van der Waals surface area contributed by atoms with Gasteiger partial charge in [0.15, 0.2) is 0 Å². The highest BCUT2D eigenvalue weighted by molar-refractivity contribution is 5.18. The Kier molecular flexibility index (Phi) is 3.15. The van der Waals surface area contributed by atoms with Crippen LogP contribution in [0.5, 0.6) is 5.88 Å². The monoisotopic (exact) mass is 214 g/mol. The lowest BCUT2D eigenvalue weighted by molar-refractivity contribution is 0.216. The van der Waals surface area contributed by atoms with Gasteiger partial charge in [-0.05, 0) is 26.0 Å². The van der Waals surface area contributed by atoms with Crippen LogP contribution >= 0.6 is 0 Å². The molecular formula is C13H14N2O. The first-order chi connectivity index (χ1) is 7.75. The molecule has 3 heteroatoms. The Morgan fingerprint density at radius 3 is 2.75 bits per heavy atom. The molecule has 0 aliphatic heterocycles. The van der Waals surface area contributed by atoms with Gasteiger partial charge in [-0.15, -0.1) is 0 Å². The maximum atomic E-state index is 5.73. The third kappa shape index (κ3) is 2.57. The van der Waals surface area contributed by atoms with E-state index in [2.05, 4.69) is 9.97 Å². The summed E-state index contributed by atoms with van der Waals surface area (Å²) in [5.41, 5.74) is 2.00. The van der Waals surface area contributed by atoms with E-state index in [1.807, 2.05) is 44.2 Å². The first kappa shape index (κ1) is 10.6. The Labute approximate surface area is 95.1 Å². The van der Waals surface area contributed by atoms with Gasteiger partial charge >= 0.3 is 0 Å². The van der Waals surface area contributed by atoms with E-state index in [-0.39, 0.29) is 6.10 Å². The number of aryl methyl sites for hydroxylation is 1. The van der Waals surface area contributed by atoms with E-state index < -0.39 is 0 Å². The fourth-order valence-electron chi connectivity index (χ4n) is 1.45. The van der Waals surface area contributed by atoms with E-state index in [9.17, 15) is 0 Å². The second kappa shape index (κ2) is 4.75. The minimum absolute atomic E-state index is 0.0389. The van der Waals surface area contributed by atoms with E-state index in [1.54, 1.807) is 12.4 Å². The molecule has 2 aromatic heterocycles. The van der Waals surface area contributed by atoms with Gasteiger partial charge in [0.2, 0.25) is 5.88 Å². The molecule has 2 aromatic rings. The standard InChI is InChI=1S/C13H14N2O/c1-10-5-3-7-13(15-10)16-11(2)12-6-4-8-14-9-12/h3-9,11H,1-2H3. The molecule has 0 aromatic carbocycles. The van der Waals surface area contributed by atoms with Crippen LogP contribution in [0.2, 0.25) is 0 Å². The Morgan fingerprint density at radius 1 is 1.19 bits per heavy atom. The third-order valence-electron chi connectivity index (χ3n) is 2.31. The molecule has 0 aliphatic rings. The summed E-state index contributed by atoms with van der Waals surface area (Å²) in [7, 11) is 0. The number of nitrogens with zero attached hydrogens (tertiary/aromatic N) is 2. The Bertz CT molecular complexity index is 456. The molecule has 0 aliphatic carbocycles. The maximum absolute atomic E-state index is 5.73. The zero-order valence-corrected chi connectivity index (χ0v) is 9.42. The van der Waals surface area contributed by atoms with Gasteiger partial charge in [-0.2, -0.15) is 0 Å². The largest absolute Gasteiger partial charge is 0.470 e. The van der Waals surface area contributed by atoms with Gasteiger partial charge in [0.25, 0.3) is 0 Å². The summed E-state index contributed by atoms with van der Waals surface area (Å²) < 4.78 is 5.73. The fourth-order valence-corrected chi connectivity index (χ4v) is 1.45. The molecule has 82 valence electrons.